The molecule has 0 aliphatic heterocycles. The van der Waals surface area contributed by atoms with E-state index < -0.39 is 0 Å². The number of methoxy groups -OCH3 is 1. The molecule has 1 aromatic heterocycles. The molecule has 0 aromatic carbocycles. The summed E-state index contributed by atoms with van der Waals surface area (Å²) in [6, 6.07) is 0. The van der Waals surface area contributed by atoms with Crippen LogP contribution in [-0.4, -0.2) is 43.3 Å². The molecule has 0 atom stereocenters. The smallest absolute Gasteiger partial charge is 0.291 e. The maximum absolute atomic E-state index is 12.2. The number of hydrogen-bond acceptors (Lipinski definition) is 5. The molecule has 0 unspecified atom stereocenters. The van der Waals surface area contributed by atoms with Crippen LogP contribution in [0.1, 0.15) is 12.8 Å². The minimum absolute atomic E-state index is 0.165. The number of nitrogens with one attached hydrogen (secondary N) is 1. The molecular formula is C13H20ClN3O3. The fourth-order valence-corrected chi connectivity index (χ4v) is 1.99. The minimum atomic E-state index is -0.165. The average molecular weight is 302 g/mol. The van der Waals surface area contributed by atoms with Crippen molar-refractivity contribution in [2.45, 2.75) is 19.4 Å². The molecule has 1 fully saturated rings. The number of halogens is 1. The van der Waals surface area contributed by atoms with Crippen molar-refractivity contribution >= 4 is 17.3 Å². The van der Waals surface area contributed by atoms with E-state index in [0.717, 1.165) is 0 Å². The Morgan fingerprint density at radius 2 is 2.25 bits per heavy atom. The number of ether oxygens (including phenoxy) is 2. The zero-order valence-electron chi connectivity index (χ0n) is 11.6. The van der Waals surface area contributed by atoms with Crippen LogP contribution < -0.4 is 10.9 Å². The molecule has 20 heavy (non-hydrogen) atoms. The standard InChI is InChI=1S/C13H20ClN3O3/c1-19-6-7-20-5-4-15-12-11(14)8-16-17(13(12)18)9-10-2-3-10/h8,10,15H,2-7,9H2,1H3. The summed E-state index contributed by atoms with van der Waals surface area (Å²) in [6.45, 7) is 2.78. The van der Waals surface area contributed by atoms with Crippen LogP contribution in [0.4, 0.5) is 5.69 Å². The summed E-state index contributed by atoms with van der Waals surface area (Å²) in [4.78, 5) is 12.2. The van der Waals surface area contributed by atoms with E-state index in [1.165, 1.54) is 23.7 Å². The fraction of sp³-hybridized carbons (Fsp3) is 0.692. The van der Waals surface area contributed by atoms with Crippen molar-refractivity contribution in [3.05, 3.63) is 21.6 Å². The first-order chi connectivity index (χ1) is 9.72. The first kappa shape index (κ1) is 15.3. The Morgan fingerprint density at radius 3 is 2.95 bits per heavy atom. The highest BCUT2D eigenvalue weighted by Crippen LogP contribution is 2.30. The SMILES string of the molecule is COCCOCCNc1c(Cl)cnn(CC2CC2)c1=O. The molecule has 1 aliphatic carbocycles. The lowest BCUT2D eigenvalue weighted by atomic mass is 10.4. The maximum atomic E-state index is 12.2. The third-order valence-corrected chi connectivity index (χ3v) is 3.39. The van der Waals surface area contributed by atoms with E-state index in [0.29, 0.717) is 49.5 Å². The van der Waals surface area contributed by atoms with Gasteiger partial charge in [0.25, 0.3) is 5.56 Å². The number of rotatable bonds is 9. The summed E-state index contributed by atoms with van der Waals surface area (Å²) in [7, 11) is 1.63. The molecule has 1 aromatic rings. The zero-order chi connectivity index (χ0) is 14.4. The lowest BCUT2D eigenvalue weighted by Gasteiger charge is -2.10. The van der Waals surface area contributed by atoms with Crippen LogP contribution in [0.2, 0.25) is 5.02 Å². The number of anilines is 1. The quantitative estimate of drug-likeness (QED) is 0.698. The Morgan fingerprint density at radius 1 is 1.45 bits per heavy atom. The summed E-state index contributed by atoms with van der Waals surface area (Å²) < 4.78 is 11.7. The largest absolute Gasteiger partial charge is 0.382 e. The summed E-state index contributed by atoms with van der Waals surface area (Å²) in [6.07, 6.45) is 3.86. The minimum Gasteiger partial charge on any atom is -0.382 e. The van der Waals surface area contributed by atoms with E-state index in [1.807, 2.05) is 0 Å². The predicted molar refractivity (Wildman–Crippen MR) is 77.4 cm³/mol. The normalized spacial score (nSPS) is 14.5. The van der Waals surface area contributed by atoms with Gasteiger partial charge < -0.3 is 14.8 Å². The molecule has 1 heterocycles. The molecule has 1 saturated carbocycles. The van der Waals surface area contributed by atoms with Crippen LogP contribution in [0.3, 0.4) is 0 Å². The van der Waals surface area contributed by atoms with Gasteiger partial charge >= 0.3 is 0 Å². The molecule has 0 amide bonds. The molecule has 0 bridgehead atoms. The van der Waals surface area contributed by atoms with Crippen LogP contribution in [0.15, 0.2) is 11.0 Å². The Labute approximate surface area is 123 Å². The molecule has 2 rings (SSSR count). The van der Waals surface area contributed by atoms with Crippen molar-refractivity contribution in [3.63, 3.8) is 0 Å². The molecule has 1 N–H and O–H groups in total. The van der Waals surface area contributed by atoms with Crippen molar-refractivity contribution in [2.24, 2.45) is 5.92 Å². The number of nitrogens with zero attached hydrogens (tertiary/aromatic N) is 2. The Bertz CT molecular complexity index is 488. The first-order valence-electron chi connectivity index (χ1n) is 6.78. The van der Waals surface area contributed by atoms with Gasteiger partial charge in [0.2, 0.25) is 0 Å². The van der Waals surface area contributed by atoms with Gasteiger partial charge in [-0.1, -0.05) is 11.6 Å². The van der Waals surface area contributed by atoms with Gasteiger partial charge in [0, 0.05) is 20.2 Å². The van der Waals surface area contributed by atoms with E-state index in [4.69, 9.17) is 21.1 Å². The van der Waals surface area contributed by atoms with Crippen LogP contribution in [0, 0.1) is 5.92 Å². The Kier molecular flexibility index (Phi) is 5.82. The molecule has 0 spiro atoms. The molecule has 112 valence electrons. The summed E-state index contributed by atoms with van der Waals surface area (Å²) in [5.74, 6) is 0.589. The van der Waals surface area contributed by atoms with Gasteiger partial charge in [-0.2, -0.15) is 5.10 Å². The highest BCUT2D eigenvalue weighted by molar-refractivity contribution is 6.32. The van der Waals surface area contributed by atoms with Crippen LogP contribution in [-0.2, 0) is 16.0 Å². The second-order valence-electron chi connectivity index (χ2n) is 4.83. The van der Waals surface area contributed by atoms with Crippen molar-refractivity contribution in [1.29, 1.82) is 0 Å². The lowest BCUT2D eigenvalue weighted by molar-refractivity contribution is 0.0759. The Hall–Kier alpha value is -1.11. The summed E-state index contributed by atoms with van der Waals surface area (Å²) in [5.41, 5.74) is 0.235. The van der Waals surface area contributed by atoms with Crippen molar-refractivity contribution in [1.82, 2.24) is 9.78 Å². The van der Waals surface area contributed by atoms with Crippen LogP contribution >= 0.6 is 11.6 Å². The van der Waals surface area contributed by atoms with Gasteiger partial charge in [0.05, 0.1) is 31.0 Å². The molecule has 0 radical (unpaired) electrons. The molecule has 0 saturated heterocycles. The lowest BCUT2D eigenvalue weighted by Crippen LogP contribution is -2.27. The van der Waals surface area contributed by atoms with Gasteiger partial charge in [-0.3, -0.25) is 4.79 Å². The third-order valence-electron chi connectivity index (χ3n) is 3.11. The molecular weight excluding hydrogens is 282 g/mol. The zero-order valence-corrected chi connectivity index (χ0v) is 12.4. The van der Waals surface area contributed by atoms with Crippen molar-refractivity contribution in [3.8, 4) is 0 Å². The number of hydrogen-bond donors (Lipinski definition) is 1. The summed E-state index contributed by atoms with van der Waals surface area (Å²) in [5, 5.41) is 7.44. The van der Waals surface area contributed by atoms with E-state index in [1.54, 1.807) is 7.11 Å². The van der Waals surface area contributed by atoms with Crippen molar-refractivity contribution in [2.75, 3.05) is 38.8 Å². The first-order valence-corrected chi connectivity index (χ1v) is 7.16. The van der Waals surface area contributed by atoms with Gasteiger partial charge in [-0.25, -0.2) is 4.68 Å². The highest BCUT2D eigenvalue weighted by Gasteiger charge is 2.23. The highest BCUT2D eigenvalue weighted by atomic mass is 35.5. The van der Waals surface area contributed by atoms with E-state index in [-0.39, 0.29) is 5.56 Å². The molecule has 7 heteroatoms. The molecule has 1 aliphatic rings. The third kappa shape index (κ3) is 4.47. The van der Waals surface area contributed by atoms with Gasteiger partial charge in [0.1, 0.15) is 5.69 Å². The van der Waals surface area contributed by atoms with E-state index in [2.05, 4.69) is 10.4 Å². The summed E-state index contributed by atoms with van der Waals surface area (Å²) >= 11 is 6.02. The van der Waals surface area contributed by atoms with E-state index in [9.17, 15) is 4.79 Å². The monoisotopic (exact) mass is 301 g/mol. The second-order valence-corrected chi connectivity index (χ2v) is 5.24. The van der Waals surface area contributed by atoms with Crippen LogP contribution in [0.5, 0.6) is 0 Å². The maximum Gasteiger partial charge on any atom is 0.291 e. The second kappa shape index (κ2) is 7.61. The predicted octanol–water partition coefficient (Wildman–Crippen LogP) is 1.38. The fourth-order valence-electron chi connectivity index (χ4n) is 1.80. The van der Waals surface area contributed by atoms with Gasteiger partial charge in [-0.15, -0.1) is 0 Å². The van der Waals surface area contributed by atoms with Crippen LogP contribution in [0.25, 0.3) is 0 Å². The van der Waals surface area contributed by atoms with Crippen molar-refractivity contribution < 1.29 is 9.47 Å². The molecule has 6 nitrogen and oxygen atoms in total. The Balaban J connectivity index is 1.87. The van der Waals surface area contributed by atoms with Gasteiger partial charge in [0.15, 0.2) is 0 Å². The number of aromatic nitrogens is 2. The van der Waals surface area contributed by atoms with Gasteiger partial charge in [-0.05, 0) is 18.8 Å². The van der Waals surface area contributed by atoms with E-state index >= 15 is 0 Å². The average Bonchev–Trinajstić information content (AvgIpc) is 3.24. The topological polar surface area (TPSA) is 65.4 Å².